The number of carbonyl (C=O) groups excluding carboxylic acids is 1. The molecule has 1 amide bonds. The second kappa shape index (κ2) is 7.10. The summed E-state index contributed by atoms with van der Waals surface area (Å²) in [5.41, 5.74) is 3.77. The van der Waals surface area contributed by atoms with E-state index < -0.39 is 5.91 Å². The lowest BCUT2D eigenvalue weighted by Crippen LogP contribution is -1.99. The molecule has 0 bridgehead atoms. The Labute approximate surface area is 177 Å². The minimum absolute atomic E-state index is 0.156. The second-order valence-corrected chi connectivity index (χ2v) is 8.24. The minimum Gasteiger partial charge on any atom is -0.493 e. The maximum atomic E-state index is 12.8. The van der Waals surface area contributed by atoms with Gasteiger partial charge in [-0.05, 0) is 60.1 Å². The van der Waals surface area contributed by atoms with Crippen LogP contribution in [0.2, 0.25) is 0 Å². The van der Waals surface area contributed by atoms with Crippen LogP contribution in [-0.2, 0) is 0 Å². The minimum atomic E-state index is -0.496. The van der Waals surface area contributed by atoms with Crippen molar-refractivity contribution in [3.05, 3.63) is 62.2 Å². The molecule has 2 aromatic heterocycles. The number of hydrogen-bond acceptors (Lipinski definition) is 4. The third kappa shape index (κ3) is 3.33. The molecule has 4 aromatic rings. The summed E-state index contributed by atoms with van der Waals surface area (Å²) in [7, 11) is 0. The van der Waals surface area contributed by atoms with Crippen molar-refractivity contribution >= 4 is 65.3 Å². The van der Waals surface area contributed by atoms with Crippen LogP contribution in [0.5, 0.6) is 5.88 Å². The van der Waals surface area contributed by atoms with Crippen molar-refractivity contribution in [1.82, 2.24) is 9.97 Å². The molecule has 4 rings (SSSR count). The van der Waals surface area contributed by atoms with E-state index >= 15 is 0 Å². The summed E-state index contributed by atoms with van der Waals surface area (Å²) in [4.78, 5) is 20.1. The van der Waals surface area contributed by atoms with Gasteiger partial charge in [0.05, 0.1) is 16.6 Å². The molecule has 8 heteroatoms. The number of aromatic amines is 1. The third-order valence-electron chi connectivity index (χ3n) is 4.34. The number of H-pyrrole nitrogens is 1. The molecule has 0 fully saturated rings. The van der Waals surface area contributed by atoms with Crippen molar-refractivity contribution in [2.24, 2.45) is 10.2 Å². The number of amides is 1. The molecular formula is C20H14Br2N4O2. The summed E-state index contributed by atoms with van der Waals surface area (Å²) in [6.45, 7) is 3.78. The molecule has 140 valence electrons. The molecule has 2 N–H and O–H groups in total. The summed E-state index contributed by atoms with van der Waals surface area (Å²) in [6.07, 6.45) is 0. The number of nitrogens with one attached hydrogen (secondary N) is 1. The number of fused-ring (bicyclic) bond motifs is 2. The van der Waals surface area contributed by atoms with Crippen LogP contribution in [-0.4, -0.2) is 21.0 Å². The van der Waals surface area contributed by atoms with Gasteiger partial charge in [0, 0.05) is 25.4 Å². The lowest BCUT2D eigenvalue weighted by atomic mass is 10.1. The number of benzene rings is 2. The van der Waals surface area contributed by atoms with E-state index in [1.807, 2.05) is 38.1 Å². The van der Waals surface area contributed by atoms with Crippen molar-refractivity contribution < 1.29 is 9.90 Å². The van der Waals surface area contributed by atoms with Crippen LogP contribution < -0.4 is 0 Å². The lowest BCUT2D eigenvalue weighted by molar-refractivity contribution is 0.0996. The number of hydrogen-bond donors (Lipinski definition) is 2. The molecule has 0 saturated carbocycles. The van der Waals surface area contributed by atoms with Gasteiger partial charge in [0.15, 0.2) is 5.69 Å². The summed E-state index contributed by atoms with van der Waals surface area (Å²) < 4.78 is 1.56. The zero-order chi connectivity index (χ0) is 20.0. The Kier molecular flexibility index (Phi) is 4.76. The molecule has 0 unspecified atom stereocenters. The number of halogens is 2. The van der Waals surface area contributed by atoms with Crippen molar-refractivity contribution in [2.45, 2.75) is 13.8 Å². The number of nitrogens with zero attached hydrogens (tertiary/aromatic N) is 3. The van der Waals surface area contributed by atoms with Gasteiger partial charge in [0.1, 0.15) is 0 Å². The van der Waals surface area contributed by atoms with Crippen LogP contribution in [0.15, 0.2) is 55.6 Å². The predicted molar refractivity (Wildman–Crippen MR) is 115 cm³/mol. The second-order valence-electron chi connectivity index (χ2n) is 6.47. The Morgan fingerprint density at radius 2 is 1.89 bits per heavy atom. The first-order chi connectivity index (χ1) is 13.3. The summed E-state index contributed by atoms with van der Waals surface area (Å²) in [5, 5.41) is 19.5. The predicted octanol–water partition coefficient (Wildman–Crippen LogP) is 6.49. The summed E-state index contributed by atoms with van der Waals surface area (Å²) >= 11 is 6.85. The van der Waals surface area contributed by atoms with E-state index in [0.29, 0.717) is 16.5 Å². The van der Waals surface area contributed by atoms with Gasteiger partial charge in [-0.25, -0.2) is 0 Å². The first-order valence-electron chi connectivity index (χ1n) is 8.37. The van der Waals surface area contributed by atoms with Gasteiger partial charge in [0.2, 0.25) is 5.88 Å². The summed E-state index contributed by atoms with van der Waals surface area (Å²) in [5.74, 6) is -0.652. The van der Waals surface area contributed by atoms with E-state index in [9.17, 15) is 9.90 Å². The zero-order valence-electron chi connectivity index (χ0n) is 14.9. The lowest BCUT2D eigenvalue weighted by Gasteiger charge is -2.05. The highest BCUT2D eigenvalue weighted by Gasteiger charge is 2.16. The molecule has 0 aliphatic carbocycles. The van der Waals surface area contributed by atoms with Crippen LogP contribution in [0.1, 0.15) is 21.6 Å². The van der Waals surface area contributed by atoms with Crippen molar-refractivity contribution in [3.63, 3.8) is 0 Å². The fraction of sp³-hybridized carbons (Fsp3) is 0.100. The maximum absolute atomic E-state index is 12.8. The zero-order valence-corrected chi connectivity index (χ0v) is 18.1. The highest BCUT2D eigenvalue weighted by atomic mass is 79.9. The van der Waals surface area contributed by atoms with Gasteiger partial charge < -0.3 is 10.1 Å². The van der Waals surface area contributed by atoms with Gasteiger partial charge in [-0.1, -0.05) is 27.6 Å². The molecule has 0 saturated heterocycles. The highest BCUT2D eigenvalue weighted by Crippen LogP contribution is 2.40. The van der Waals surface area contributed by atoms with Crippen LogP contribution in [0.3, 0.4) is 0 Å². The average Bonchev–Trinajstić information content (AvgIpc) is 2.95. The Hall–Kier alpha value is -2.58. The number of aromatic nitrogens is 2. The smallest absolute Gasteiger partial charge is 0.296 e. The van der Waals surface area contributed by atoms with E-state index in [1.165, 1.54) is 0 Å². The van der Waals surface area contributed by atoms with Crippen LogP contribution in [0.25, 0.3) is 21.8 Å². The molecule has 2 aromatic carbocycles. The Balaban J connectivity index is 1.81. The van der Waals surface area contributed by atoms with E-state index in [0.717, 1.165) is 31.1 Å². The van der Waals surface area contributed by atoms with Crippen LogP contribution in [0, 0.1) is 13.8 Å². The van der Waals surface area contributed by atoms with Gasteiger partial charge in [-0.15, -0.1) is 10.2 Å². The van der Waals surface area contributed by atoms with Crippen molar-refractivity contribution in [3.8, 4) is 5.88 Å². The molecule has 0 atom stereocenters. The summed E-state index contributed by atoms with van der Waals surface area (Å²) in [6, 6.07) is 11.1. The first kappa shape index (κ1) is 18.8. The fourth-order valence-corrected chi connectivity index (χ4v) is 4.42. The molecule has 0 radical (unpaired) electrons. The fourth-order valence-electron chi connectivity index (χ4n) is 3.09. The van der Waals surface area contributed by atoms with Crippen molar-refractivity contribution in [2.75, 3.05) is 0 Å². The molecule has 0 aliphatic heterocycles. The molecule has 6 nitrogen and oxygen atoms in total. The molecule has 0 aliphatic rings. The van der Waals surface area contributed by atoms with Gasteiger partial charge >= 0.3 is 0 Å². The molecule has 28 heavy (non-hydrogen) atoms. The molecule has 0 spiro atoms. The standard InChI is InChI=1S/C20H14Br2N4O2/c1-9-3-4-16-12(5-9)13(6-10(2)23-16)19(27)26-25-18-14-7-11(21)8-15(22)17(14)24-20(18)28/h3-8,24,28H,1-2H3. The Morgan fingerprint density at radius 3 is 2.68 bits per heavy atom. The van der Waals surface area contributed by atoms with Gasteiger partial charge in [-0.3, -0.25) is 9.78 Å². The number of pyridine rings is 1. The Bertz CT molecular complexity index is 1290. The maximum Gasteiger partial charge on any atom is 0.296 e. The van der Waals surface area contributed by atoms with E-state index in [2.05, 4.69) is 52.1 Å². The number of carbonyl (C=O) groups is 1. The normalized spacial score (nSPS) is 11.7. The third-order valence-corrected chi connectivity index (χ3v) is 5.42. The average molecular weight is 502 g/mol. The Morgan fingerprint density at radius 1 is 1.11 bits per heavy atom. The molecule has 2 heterocycles. The van der Waals surface area contributed by atoms with E-state index in [-0.39, 0.29) is 11.6 Å². The number of azo groups is 1. The van der Waals surface area contributed by atoms with Gasteiger partial charge in [0.25, 0.3) is 5.91 Å². The number of aryl methyl sites for hydroxylation is 2. The topological polar surface area (TPSA) is 90.7 Å². The van der Waals surface area contributed by atoms with E-state index in [4.69, 9.17) is 0 Å². The quantitative estimate of drug-likeness (QED) is 0.307. The number of rotatable bonds is 2. The van der Waals surface area contributed by atoms with Crippen LogP contribution >= 0.6 is 31.9 Å². The van der Waals surface area contributed by atoms with Gasteiger partial charge in [-0.2, -0.15) is 0 Å². The highest BCUT2D eigenvalue weighted by molar-refractivity contribution is 9.11. The van der Waals surface area contributed by atoms with E-state index in [1.54, 1.807) is 12.1 Å². The molecular weight excluding hydrogens is 488 g/mol. The first-order valence-corrected chi connectivity index (χ1v) is 9.96. The number of aromatic hydroxyl groups is 1. The van der Waals surface area contributed by atoms with Crippen molar-refractivity contribution in [1.29, 1.82) is 0 Å². The monoisotopic (exact) mass is 500 g/mol. The largest absolute Gasteiger partial charge is 0.493 e. The van der Waals surface area contributed by atoms with Crippen LogP contribution in [0.4, 0.5) is 5.69 Å². The SMILES string of the molecule is Cc1ccc2nc(C)cc(C(=O)N=Nc3c(O)[nH]c4c(Br)cc(Br)cc34)c2c1.